The van der Waals surface area contributed by atoms with Gasteiger partial charge >= 0.3 is 0 Å². The van der Waals surface area contributed by atoms with Gasteiger partial charge in [0, 0.05) is 26.9 Å². The summed E-state index contributed by atoms with van der Waals surface area (Å²) in [5.74, 6) is 1.48. The van der Waals surface area contributed by atoms with Gasteiger partial charge < -0.3 is 14.0 Å². The monoisotopic (exact) mass is 590 g/mol. The maximum absolute atomic E-state index is 10.6. The van der Waals surface area contributed by atoms with E-state index in [1.165, 1.54) is 51.4 Å². The van der Waals surface area contributed by atoms with Crippen LogP contribution in [-0.4, -0.2) is 50.6 Å². The van der Waals surface area contributed by atoms with Gasteiger partial charge in [0.2, 0.25) is 0 Å². The van der Waals surface area contributed by atoms with Crippen LogP contribution in [0.25, 0.3) is 0 Å². The third-order valence-corrected chi connectivity index (χ3v) is 25.3. The van der Waals surface area contributed by atoms with Gasteiger partial charge in [0.05, 0.1) is 12.7 Å². The van der Waals surface area contributed by atoms with Crippen LogP contribution in [0.5, 0.6) is 0 Å². The smallest absolute Gasteiger partial charge is 0.192 e. The van der Waals surface area contributed by atoms with Crippen LogP contribution < -0.4 is 0 Å². The summed E-state index contributed by atoms with van der Waals surface area (Å²) in [7, 11) is -3.63. The van der Waals surface area contributed by atoms with E-state index >= 15 is 0 Å². The van der Waals surface area contributed by atoms with Crippen molar-refractivity contribution in [3.05, 3.63) is 11.6 Å². The lowest BCUT2D eigenvalue weighted by Crippen LogP contribution is -2.85. The molecule has 6 rings (SSSR count). The molecule has 1 N–H and O–H groups in total. The first kappa shape index (κ1) is 29.5. The van der Waals surface area contributed by atoms with Crippen LogP contribution in [-0.2, 0) is 8.85 Å². The van der Waals surface area contributed by atoms with Gasteiger partial charge in [-0.25, -0.2) is 0 Å². The Bertz CT molecular complexity index is 1060. The summed E-state index contributed by atoms with van der Waals surface area (Å²) in [6.07, 6.45) is 13.7. The van der Waals surface area contributed by atoms with Crippen LogP contribution in [0.2, 0.25) is 36.3 Å². The molecule has 0 aromatic carbocycles. The molecule has 3 nitrogen and oxygen atoms in total. The van der Waals surface area contributed by atoms with Gasteiger partial charge in [-0.1, -0.05) is 60.1 Å². The molecule has 2 bridgehead atoms. The number of allylic oxidation sites excluding steroid dienone is 2. The fraction of sp³-hybridized carbons (Fsp3) is 0.939. The van der Waals surface area contributed by atoms with Gasteiger partial charge in [-0.2, -0.15) is 0 Å². The molecule has 5 aliphatic carbocycles. The highest BCUT2D eigenvalue weighted by atomic mass is 32.2. The first-order valence-corrected chi connectivity index (χ1v) is 22.8. The minimum atomic E-state index is -1.82. The molecule has 1 heterocycles. The molecule has 0 amide bonds. The van der Waals surface area contributed by atoms with Gasteiger partial charge in [-0.05, 0) is 105 Å². The van der Waals surface area contributed by atoms with E-state index in [0.717, 1.165) is 11.8 Å². The lowest BCUT2D eigenvalue weighted by Gasteiger charge is -2.87. The van der Waals surface area contributed by atoms with Crippen LogP contribution in [0.15, 0.2) is 11.6 Å². The van der Waals surface area contributed by atoms with Crippen molar-refractivity contribution in [2.45, 2.75) is 158 Å². The number of aliphatic hydroxyl groups excluding tert-OH is 1. The third-order valence-electron chi connectivity index (χ3n) is 14.4. The van der Waals surface area contributed by atoms with Crippen molar-refractivity contribution in [1.82, 2.24) is 0 Å². The zero-order valence-corrected chi connectivity index (χ0v) is 29.8. The Hall–Kier alpha value is 0.404. The Morgan fingerprint density at radius 2 is 1.59 bits per heavy atom. The van der Waals surface area contributed by atoms with Crippen LogP contribution in [0, 0.1) is 28.1 Å². The molecule has 3 spiro atoms. The number of hydrogen-bond acceptors (Lipinski definition) is 4. The Labute approximate surface area is 246 Å². The van der Waals surface area contributed by atoms with Crippen LogP contribution >= 0.6 is 11.8 Å². The van der Waals surface area contributed by atoms with Crippen molar-refractivity contribution in [2.24, 2.45) is 28.1 Å². The van der Waals surface area contributed by atoms with Crippen LogP contribution in [0.1, 0.15) is 99.8 Å². The molecule has 0 aromatic rings. The molecule has 4 unspecified atom stereocenters. The molecule has 0 aromatic heterocycles. The van der Waals surface area contributed by atoms with Crippen LogP contribution in [0.4, 0.5) is 0 Å². The van der Waals surface area contributed by atoms with E-state index < -0.39 is 16.6 Å². The SMILES string of the molecule is CC(C)(C)[Si](C)(C)O[C@H]1CC[C@]23CC4(CC5C2=CC[C@@]2(C)C5CC[C@@H]2O[Si](C)(C)C(C)(C)C)SC(CO)[C@]43C1. The summed E-state index contributed by atoms with van der Waals surface area (Å²) in [4.78, 5) is 0. The fourth-order valence-electron chi connectivity index (χ4n) is 10.3. The number of hydrogen-bond donors (Lipinski definition) is 1. The molecule has 39 heavy (non-hydrogen) atoms. The summed E-state index contributed by atoms with van der Waals surface area (Å²) in [6, 6.07) is 0. The molecule has 9 atom stereocenters. The Morgan fingerprint density at radius 3 is 2.21 bits per heavy atom. The quantitative estimate of drug-likeness (QED) is 0.256. The summed E-state index contributed by atoms with van der Waals surface area (Å²) >= 11 is 2.18. The maximum atomic E-state index is 10.6. The van der Waals surface area contributed by atoms with E-state index in [1.54, 1.807) is 0 Å². The highest BCUT2D eigenvalue weighted by Gasteiger charge is 2.87. The normalized spacial score (nSPS) is 47.2. The molecule has 6 heteroatoms. The first-order chi connectivity index (χ1) is 17.8. The average Bonchev–Trinajstić information content (AvgIpc) is 3.13. The predicted octanol–water partition coefficient (Wildman–Crippen LogP) is 8.94. The van der Waals surface area contributed by atoms with Gasteiger partial charge in [-0.15, -0.1) is 11.8 Å². The molecule has 4 saturated carbocycles. The summed E-state index contributed by atoms with van der Waals surface area (Å²) in [5, 5.41) is 11.5. The van der Waals surface area contributed by atoms with Crippen LogP contribution in [0.3, 0.4) is 0 Å². The van der Waals surface area contributed by atoms with Gasteiger partial charge in [0.25, 0.3) is 0 Å². The van der Waals surface area contributed by atoms with Crippen molar-refractivity contribution in [1.29, 1.82) is 0 Å². The van der Waals surface area contributed by atoms with Crippen molar-refractivity contribution < 1.29 is 14.0 Å². The third kappa shape index (κ3) is 3.63. The molecular weight excluding hydrogens is 533 g/mol. The fourth-order valence-corrected chi connectivity index (χ4v) is 15.6. The number of aliphatic hydroxyl groups is 1. The van der Waals surface area contributed by atoms with Crippen molar-refractivity contribution in [3.8, 4) is 0 Å². The van der Waals surface area contributed by atoms with Gasteiger partial charge in [-0.3, -0.25) is 0 Å². The lowest BCUT2D eigenvalue weighted by molar-refractivity contribution is -0.216. The Balaban J connectivity index is 1.30. The van der Waals surface area contributed by atoms with Gasteiger partial charge in [0.15, 0.2) is 16.6 Å². The average molecular weight is 591 g/mol. The number of rotatable bonds is 5. The lowest BCUT2D eigenvalue weighted by atomic mass is 9.28. The van der Waals surface area contributed by atoms with E-state index in [0.29, 0.717) is 34.2 Å². The van der Waals surface area contributed by atoms with Gasteiger partial charge in [0.1, 0.15) is 0 Å². The van der Waals surface area contributed by atoms with E-state index in [1.807, 2.05) is 5.57 Å². The minimum absolute atomic E-state index is 0.241. The molecule has 0 radical (unpaired) electrons. The molecule has 6 aliphatic rings. The summed E-state index contributed by atoms with van der Waals surface area (Å²) < 4.78 is 14.7. The maximum Gasteiger partial charge on any atom is 0.192 e. The second kappa shape index (κ2) is 8.52. The Morgan fingerprint density at radius 1 is 0.949 bits per heavy atom. The second-order valence-corrected chi connectivity index (χ2v) is 29.1. The Kier molecular flexibility index (Phi) is 6.44. The predicted molar refractivity (Wildman–Crippen MR) is 170 cm³/mol. The highest BCUT2D eigenvalue weighted by Crippen LogP contribution is 2.91. The van der Waals surface area contributed by atoms with Crippen molar-refractivity contribution >= 4 is 28.4 Å². The standard InChI is InChI=1S/C33H58O3SSi2/c1-28(2,3)38(8,9)35-22-14-17-31-21-32(33(31,18-22)27(20-34)37-32)19-23-24-12-13-26(30(24,7)16-15-25(23)31)36-39(10,11)29(4,5)6/h15,22-24,26-27,34H,12-14,16-21H2,1-11H3/t22-,23?,24?,26-,27?,30-,31-,32?,33-/m0/s1. The van der Waals surface area contributed by atoms with E-state index in [9.17, 15) is 5.11 Å². The number of fused-ring (bicyclic) bond motifs is 3. The molecular formula is C33H58O3SSi2. The number of thioether (sulfide) groups is 1. The first-order valence-electron chi connectivity index (χ1n) is 16.1. The summed E-state index contributed by atoms with van der Waals surface area (Å²) in [6.45, 7) is 26.9. The molecule has 222 valence electrons. The van der Waals surface area contributed by atoms with Crippen molar-refractivity contribution in [2.75, 3.05) is 6.61 Å². The van der Waals surface area contributed by atoms with E-state index in [4.69, 9.17) is 8.85 Å². The largest absolute Gasteiger partial charge is 0.414 e. The van der Waals surface area contributed by atoms with E-state index in [-0.39, 0.29) is 20.9 Å². The second-order valence-electron chi connectivity index (χ2n) is 18.0. The minimum Gasteiger partial charge on any atom is -0.414 e. The van der Waals surface area contributed by atoms with E-state index in [2.05, 4.69) is 92.5 Å². The molecule has 1 aliphatic heterocycles. The zero-order valence-electron chi connectivity index (χ0n) is 27.0. The molecule has 5 fully saturated rings. The summed E-state index contributed by atoms with van der Waals surface area (Å²) in [5.41, 5.74) is 2.69. The van der Waals surface area contributed by atoms with Crippen molar-refractivity contribution in [3.63, 3.8) is 0 Å². The topological polar surface area (TPSA) is 38.7 Å². The molecule has 1 saturated heterocycles. The zero-order chi connectivity index (χ0) is 28.7. The highest BCUT2D eigenvalue weighted by molar-refractivity contribution is 8.03.